The first-order chi connectivity index (χ1) is 5.34. The van der Waals surface area contributed by atoms with Crippen LogP contribution in [0.25, 0.3) is 0 Å². The molecule has 1 nitrogen and oxygen atoms in total. The Morgan fingerprint density at radius 1 is 1.27 bits per heavy atom. The van der Waals surface area contributed by atoms with Crippen molar-refractivity contribution in [2.45, 2.75) is 20.5 Å². The van der Waals surface area contributed by atoms with E-state index in [0.29, 0.717) is 0 Å². The molecule has 0 atom stereocenters. The molecule has 0 unspecified atom stereocenters. The Hall–Kier alpha value is -0.0900. The van der Waals surface area contributed by atoms with E-state index in [1.807, 2.05) is 38.1 Å². The second kappa shape index (κ2) is 6.61. The van der Waals surface area contributed by atoms with Crippen LogP contribution in [0.4, 0.5) is 0 Å². The molecule has 0 aromatic heterocycles. The highest BCUT2D eigenvalue weighted by Crippen LogP contribution is 2.10. The van der Waals surface area contributed by atoms with Crippen molar-refractivity contribution < 1.29 is 5.11 Å². The van der Waals surface area contributed by atoms with Crippen LogP contribution >= 0.6 is 22.6 Å². The fourth-order valence-corrected chi connectivity index (χ4v) is 1.18. The van der Waals surface area contributed by atoms with Crippen LogP contribution in [0.3, 0.4) is 0 Å². The first-order valence-electron chi connectivity index (χ1n) is 3.69. The summed E-state index contributed by atoms with van der Waals surface area (Å²) in [4.78, 5) is 0. The number of benzene rings is 1. The minimum Gasteiger partial charge on any atom is -0.392 e. The third-order valence-corrected chi connectivity index (χ3v) is 2.18. The average Bonchev–Trinajstić information content (AvgIpc) is 2.09. The third kappa shape index (κ3) is 3.72. The first kappa shape index (κ1) is 10.9. The molecule has 1 N–H and O–H groups in total. The molecule has 0 heterocycles. The maximum Gasteiger partial charge on any atom is 0.0692 e. The molecule has 2 heteroatoms. The van der Waals surface area contributed by atoms with E-state index in [1.54, 1.807) is 0 Å². The molecule has 0 radical (unpaired) electrons. The predicted molar refractivity (Wildman–Crippen MR) is 56.4 cm³/mol. The summed E-state index contributed by atoms with van der Waals surface area (Å²) in [5.74, 6) is 0. The summed E-state index contributed by atoms with van der Waals surface area (Å²) in [5, 5.41) is 8.71. The lowest BCUT2D eigenvalue weighted by atomic mass is 10.2. The molecule has 0 aliphatic carbocycles. The van der Waals surface area contributed by atoms with Gasteiger partial charge in [-0.15, -0.1) is 0 Å². The van der Waals surface area contributed by atoms with E-state index >= 15 is 0 Å². The maximum atomic E-state index is 8.71. The number of halogens is 1. The Bertz CT molecular complexity index is 199. The summed E-state index contributed by atoms with van der Waals surface area (Å²) in [7, 11) is 0. The predicted octanol–water partition coefficient (Wildman–Crippen LogP) is 2.81. The molecular weight excluding hydrogens is 251 g/mol. The highest BCUT2D eigenvalue weighted by Gasteiger charge is 1.92. The summed E-state index contributed by atoms with van der Waals surface area (Å²) in [6.45, 7) is 4.14. The van der Waals surface area contributed by atoms with Crippen molar-refractivity contribution in [1.29, 1.82) is 0 Å². The zero-order valence-electron chi connectivity index (χ0n) is 6.84. The van der Waals surface area contributed by atoms with Gasteiger partial charge in [-0.1, -0.05) is 32.0 Å². The van der Waals surface area contributed by atoms with Crippen LogP contribution < -0.4 is 0 Å². The van der Waals surface area contributed by atoms with E-state index in [2.05, 4.69) is 22.6 Å². The van der Waals surface area contributed by atoms with Gasteiger partial charge in [0, 0.05) is 3.57 Å². The Morgan fingerprint density at radius 2 is 1.82 bits per heavy atom. The summed E-state index contributed by atoms with van der Waals surface area (Å²) in [6.07, 6.45) is 0. The van der Waals surface area contributed by atoms with E-state index in [4.69, 9.17) is 5.11 Å². The summed E-state index contributed by atoms with van der Waals surface area (Å²) in [6, 6.07) is 7.78. The molecule has 11 heavy (non-hydrogen) atoms. The van der Waals surface area contributed by atoms with Crippen molar-refractivity contribution >= 4 is 22.6 Å². The van der Waals surface area contributed by atoms with Gasteiger partial charge in [0.05, 0.1) is 6.61 Å². The van der Waals surface area contributed by atoms with Gasteiger partial charge in [-0.25, -0.2) is 0 Å². The van der Waals surface area contributed by atoms with E-state index in [-0.39, 0.29) is 6.61 Å². The molecule has 1 rings (SSSR count). The Balaban J connectivity index is 0.000000461. The molecule has 0 saturated heterocycles. The molecule has 0 saturated carbocycles. The standard InChI is InChI=1S/C7H7IO.C2H6/c8-7-4-2-1-3-6(7)5-9;1-2/h1-4,9H,5H2;1-2H3. The van der Waals surface area contributed by atoms with Gasteiger partial charge in [0.2, 0.25) is 0 Å². The molecular formula is C9H13IO. The molecule has 0 bridgehead atoms. The number of aliphatic hydroxyl groups excluding tert-OH is 1. The monoisotopic (exact) mass is 264 g/mol. The Morgan fingerprint density at radius 3 is 2.18 bits per heavy atom. The maximum absolute atomic E-state index is 8.71. The fraction of sp³-hybridized carbons (Fsp3) is 0.333. The van der Waals surface area contributed by atoms with Gasteiger partial charge < -0.3 is 5.11 Å². The third-order valence-electron chi connectivity index (χ3n) is 1.13. The highest BCUT2D eigenvalue weighted by molar-refractivity contribution is 14.1. The van der Waals surface area contributed by atoms with Crippen molar-refractivity contribution in [2.75, 3.05) is 0 Å². The van der Waals surface area contributed by atoms with Gasteiger partial charge in [0.1, 0.15) is 0 Å². The second-order valence-electron chi connectivity index (χ2n) is 1.75. The smallest absolute Gasteiger partial charge is 0.0692 e. The summed E-state index contributed by atoms with van der Waals surface area (Å²) < 4.78 is 1.12. The lowest BCUT2D eigenvalue weighted by molar-refractivity contribution is 0.281. The average molecular weight is 264 g/mol. The molecule has 0 aliphatic rings. The minimum absolute atomic E-state index is 0.138. The summed E-state index contributed by atoms with van der Waals surface area (Å²) in [5.41, 5.74) is 0.998. The molecule has 1 aromatic rings. The van der Waals surface area contributed by atoms with Crippen LogP contribution in [0.2, 0.25) is 0 Å². The summed E-state index contributed by atoms with van der Waals surface area (Å²) >= 11 is 2.20. The van der Waals surface area contributed by atoms with Crippen molar-refractivity contribution in [1.82, 2.24) is 0 Å². The second-order valence-corrected chi connectivity index (χ2v) is 2.91. The van der Waals surface area contributed by atoms with Crippen LogP contribution in [-0.2, 0) is 6.61 Å². The lowest BCUT2D eigenvalue weighted by Crippen LogP contribution is -1.85. The number of hydrogen-bond donors (Lipinski definition) is 1. The van der Waals surface area contributed by atoms with Gasteiger partial charge in [-0.2, -0.15) is 0 Å². The minimum atomic E-state index is 0.138. The van der Waals surface area contributed by atoms with Gasteiger partial charge in [-0.05, 0) is 34.2 Å². The lowest BCUT2D eigenvalue weighted by Gasteiger charge is -1.96. The van der Waals surface area contributed by atoms with Crippen LogP contribution in [-0.4, -0.2) is 5.11 Å². The zero-order valence-corrected chi connectivity index (χ0v) is 9.00. The fourth-order valence-electron chi connectivity index (χ4n) is 0.627. The van der Waals surface area contributed by atoms with Gasteiger partial charge in [-0.3, -0.25) is 0 Å². The number of hydrogen-bond acceptors (Lipinski definition) is 1. The highest BCUT2D eigenvalue weighted by atomic mass is 127. The topological polar surface area (TPSA) is 20.2 Å². The number of rotatable bonds is 1. The van der Waals surface area contributed by atoms with E-state index in [0.717, 1.165) is 9.13 Å². The van der Waals surface area contributed by atoms with Crippen LogP contribution in [0.15, 0.2) is 24.3 Å². The van der Waals surface area contributed by atoms with Crippen molar-refractivity contribution in [3.8, 4) is 0 Å². The molecule has 0 spiro atoms. The van der Waals surface area contributed by atoms with Crippen LogP contribution in [0.1, 0.15) is 19.4 Å². The molecule has 1 aromatic carbocycles. The number of aliphatic hydroxyl groups is 1. The van der Waals surface area contributed by atoms with Gasteiger partial charge in [0.25, 0.3) is 0 Å². The SMILES string of the molecule is CC.OCc1ccccc1I. The largest absolute Gasteiger partial charge is 0.392 e. The van der Waals surface area contributed by atoms with Crippen molar-refractivity contribution in [3.05, 3.63) is 33.4 Å². The van der Waals surface area contributed by atoms with E-state index in [9.17, 15) is 0 Å². The Kier molecular flexibility index (Phi) is 6.56. The quantitative estimate of drug-likeness (QED) is 0.773. The zero-order chi connectivity index (χ0) is 8.69. The van der Waals surface area contributed by atoms with E-state index < -0.39 is 0 Å². The Labute approximate surface area is 81.6 Å². The van der Waals surface area contributed by atoms with E-state index in [1.165, 1.54) is 0 Å². The molecule has 0 amide bonds. The normalized spacial score (nSPS) is 8.36. The van der Waals surface area contributed by atoms with Crippen molar-refractivity contribution in [3.63, 3.8) is 0 Å². The van der Waals surface area contributed by atoms with Gasteiger partial charge >= 0.3 is 0 Å². The molecule has 0 fully saturated rings. The molecule has 62 valence electrons. The van der Waals surface area contributed by atoms with Gasteiger partial charge in [0.15, 0.2) is 0 Å². The van der Waals surface area contributed by atoms with Crippen molar-refractivity contribution in [2.24, 2.45) is 0 Å². The molecule has 0 aliphatic heterocycles. The first-order valence-corrected chi connectivity index (χ1v) is 4.76. The van der Waals surface area contributed by atoms with Crippen LogP contribution in [0, 0.1) is 3.57 Å². The van der Waals surface area contributed by atoms with Crippen LogP contribution in [0.5, 0.6) is 0 Å².